The minimum absolute atomic E-state index is 0.205. The number of amides is 2. The van der Waals surface area contributed by atoms with Crippen molar-refractivity contribution in [1.82, 2.24) is 10.6 Å². The second-order valence-corrected chi connectivity index (χ2v) is 8.18. The molecule has 0 aliphatic heterocycles. The van der Waals surface area contributed by atoms with E-state index in [0.29, 0.717) is 32.1 Å². The molecule has 1 aliphatic rings. The lowest BCUT2D eigenvalue weighted by Gasteiger charge is -2.38. The maximum Gasteiger partial charge on any atom is 0.306 e. The summed E-state index contributed by atoms with van der Waals surface area (Å²) in [6.07, 6.45) is 5.30. The number of aliphatic carboxylic acids is 1. The molecule has 2 amide bonds. The predicted molar refractivity (Wildman–Crippen MR) is 114 cm³/mol. The smallest absolute Gasteiger partial charge is 0.306 e. The Labute approximate surface area is 178 Å². The summed E-state index contributed by atoms with van der Waals surface area (Å²) in [7, 11) is 3.14. The van der Waals surface area contributed by atoms with Crippen LogP contribution in [-0.2, 0) is 20.8 Å². The molecule has 0 heterocycles. The lowest BCUT2D eigenvalue weighted by Crippen LogP contribution is -2.53. The van der Waals surface area contributed by atoms with E-state index in [4.69, 9.17) is 4.74 Å². The zero-order valence-electron chi connectivity index (χ0n) is 18.2. The van der Waals surface area contributed by atoms with E-state index in [1.807, 2.05) is 31.2 Å². The molecule has 7 heteroatoms. The SMILES string of the molecule is CCC(CC1(C(=O)N[C@@H](Cc2ccc(OC)cc2)C(=O)NC)CCCCC1)C(=O)O. The van der Waals surface area contributed by atoms with E-state index in [0.717, 1.165) is 30.6 Å². The van der Waals surface area contributed by atoms with Gasteiger partial charge < -0.3 is 20.5 Å². The third-order valence-electron chi connectivity index (χ3n) is 6.24. The van der Waals surface area contributed by atoms with Crippen LogP contribution in [0.5, 0.6) is 5.75 Å². The van der Waals surface area contributed by atoms with Crippen molar-refractivity contribution in [2.45, 2.75) is 64.3 Å². The summed E-state index contributed by atoms with van der Waals surface area (Å²) < 4.78 is 5.17. The van der Waals surface area contributed by atoms with Crippen LogP contribution in [0.2, 0.25) is 0 Å². The highest BCUT2D eigenvalue weighted by Crippen LogP contribution is 2.42. The molecule has 30 heavy (non-hydrogen) atoms. The average molecular weight is 419 g/mol. The first kappa shape index (κ1) is 23.7. The van der Waals surface area contributed by atoms with Gasteiger partial charge in [-0.2, -0.15) is 0 Å². The zero-order valence-corrected chi connectivity index (χ0v) is 18.2. The molecule has 0 spiro atoms. The summed E-state index contributed by atoms with van der Waals surface area (Å²) in [5.74, 6) is -1.18. The standard InChI is InChI=1S/C23H34N2O5/c1-4-17(21(27)28)15-23(12-6-5-7-13-23)22(29)25-19(20(26)24-2)14-16-8-10-18(30-3)11-9-16/h8-11,17,19H,4-7,12-15H2,1-3H3,(H,24,26)(H,25,29)(H,27,28)/t17?,19-/m0/s1. The van der Waals surface area contributed by atoms with Gasteiger partial charge in [0.05, 0.1) is 18.4 Å². The van der Waals surface area contributed by atoms with Gasteiger partial charge in [-0.3, -0.25) is 14.4 Å². The van der Waals surface area contributed by atoms with Crippen molar-refractivity contribution in [2.75, 3.05) is 14.2 Å². The molecule has 1 unspecified atom stereocenters. The maximum absolute atomic E-state index is 13.4. The molecule has 0 saturated heterocycles. The Hall–Kier alpha value is -2.57. The Morgan fingerprint density at radius 1 is 1.13 bits per heavy atom. The van der Waals surface area contributed by atoms with E-state index in [1.54, 1.807) is 14.2 Å². The van der Waals surface area contributed by atoms with Crippen molar-refractivity contribution in [3.8, 4) is 5.75 Å². The molecule has 0 radical (unpaired) electrons. The fourth-order valence-corrected chi connectivity index (χ4v) is 4.32. The van der Waals surface area contributed by atoms with Gasteiger partial charge in [-0.1, -0.05) is 38.3 Å². The van der Waals surface area contributed by atoms with Crippen LogP contribution in [0.15, 0.2) is 24.3 Å². The number of hydrogen-bond donors (Lipinski definition) is 3. The van der Waals surface area contributed by atoms with E-state index in [1.165, 1.54) is 0 Å². The lowest BCUT2D eigenvalue weighted by molar-refractivity contribution is -0.146. The van der Waals surface area contributed by atoms with E-state index in [2.05, 4.69) is 10.6 Å². The largest absolute Gasteiger partial charge is 0.497 e. The molecule has 1 saturated carbocycles. The summed E-state index contributed by atoms with van der Waals surface area (Å²) in [4.78, 5) is 37.5. The van der Waals surface area contributed by atoms with E-state index < -0.39 is 23.3 Å². The normalized spacial score (nSPS) is 17.4. The van der Waals surface area contributed by atoms with Crippen molar-refractivity contribution in [3.63, 3.8) is 0 Å². The second-order valence-electron chi connectivity index (χ2n) is 8.18. The second kappa shape index (κ2) is 11.0. The van der Waals surface area contributed by atoms with E-state index in [9.17, 15) is 19.5 Å². The number of benzene rings is 1. The third-order valence-corrected chi connectivity index (χ3v) is 6.24. The number of ether oxygens (including phenoxy) is 1. The monoisotopic (exact) mass is 418 g/mol. The number of carboxylic acids is 1. The first-order chi connectivity index (χ1) is 14.3. The van der Waals surface area contributed by atoms with Crippen LogP contribution in [0, 0.1) is 11.3 Å². The van der Waals surface area contributed by atoms with Crippen molar-refractivity contribution in [2.24, 2.45) is 11.3 Å². The van der Waals surface area contributed by atoms with Gasteiger partial charge in [-0.25, -0.2) is 0 Å². The van der Waals surface area contributed by atoms with Crippen LogP contribution in [0.4, 0.5) is 0 Å². The highest BCUT2D eigenvalue weighted by atomic mass is 16.5. The molecular formula is C23H34N2O5. The Bertz CT molecular complexity index is 726. The van der Waals surface area contributed by atoms with Gasteiger partial charge in [-0.05, 0) is 43.4 Å². The molecule has 1 aromatic rings. The molecule has 1 fully saturated rings. The van der Waals surface area contributed by atoms with Gasteiger partial charge in [0, 0.05) is 13.5 Å². The molecule has 3 N–H and O–H groups in total. The Morgan fingerprint density at radius 2 is 1.77 bits per heavy atom. The highest BCUT2D eigenvalue weighted by Gasteiger charge is 2.43. The van der Waals surface area contributed by atoms with Crippen molar-refractivity contribution >= 4 is 17.8 Å². The van der Waals surface area contributed by atoms with Gasteiger partial charge in [0.2, 0.25) is 11.8 Å². The number of carbonyl (C=O) groups is 3. The molecule has 2 rings (SSSR count). The topological polar surface area (TPSA) is 105 Å². The fourth-order valence-electron chi connectivity index (χ4n) is 4.32. The molecular weight excluding hydrogens is 384 g/mol. The minimum atomic E-state index is -0.865. The summed E-state index contributed by atoms with van der Waals surface area (Å²) in [6.45, 7) is 1.84. The van der Waals surface area contributed by atoms with E-state index in [-0.39, 0.29) is 11.8 Å². The molecule has 0 aromatic heterocycles. The first-order valence-electron chi connectivity index (χ1n) is 10.7. The maximum atomic E-state index is 13.4. The molecule has 166 valence electrons. The predicted octanol–water partition coefficient (Wildman–Crippen LogP) is 2.92. The van der Waals surface area contributed by atoms with Crippen LogP contribution < -0.4 is 15.4 Å². The van der Waals surface area contributed by atoms with Crippen molar-refractivity contribution in [1.29, 1.82) is 0 Å². The van der Waals surface area contributed by atoms with Gasteiger partial charge in [-0.15, -0.1) is 0 Å². The number of hydrogen-bond acceptors (Lipinski definition) is 4. The van der Waals surface area contributed by atoms with E-state index >= 15 is 0 Å². The molecule has 0 bridgehead atoms. The number of nitrogens with one attached hydrogen (secondary N) is 2. The van der Waals surface area contributed by atoms with Crippen molar-refractivity contribution in [3.05, 3.63) is 29.8 Å². The number of methoxy groups -OCH3 is 1. The van der Waals surface area contributed by atoms with Crippen LogP contribution in [0.1, 0.15) is 57.4 Å². The molecule has 7 nitrogen and oxygen atoms in total. The van der Waals surface area contributed by atoms with Crippen LogP contribution in [0.25, 0.3) is 0 Å². The van der Waals surface area contributed by atoms with Gasteiger partial charge in [0.1, 0.15) is 11.8 Å². The summed E-state index contributed by atoms with van der Waals surface area (Å²) in [5.41, 5.74) is 0.170. The fraction of sp³-hybridized carbons (Fsp3) is 0.609. The number of carbonyl (C=O) groups excluding carboxylic acids is 2. The zero-order chi connectivity index (χ0) is 22.1. The van der Waals surface area contributed by atoms with Crippen molar-refractivity contribution < 1.29 is 24.2 Å². The van der Waals surface area contributed by atoms with Gasteiger partial charge in [0.15, 0.2) is 0 Å². The Morgan fingerprint density at radius 3 is 2.27 bits per heavy atom. The molecule has 2 atom stereocenters. The van der Waals surface area contributed by atoms with Gasteiger partial charge >= 0.3 is 5.97 Å². The Balaban J connectivity index is 2.21. The number of rotatable bonds is 10. The van der Waals surface area contributed by atoms with Crippen LogP contribution in [-0.4, -0.2) is 43.1 Å². The number of carboxylic acid groups (broad SMARTS) is 1. The van der Waals surface area contributed by atoms with Crippen LogP contribution >= 0.6 is 0 Å². The minimum Gasteiger partial charge on any atom is -0.497 e. The lowest BCUT2D eigenvalue weighted by atomic mass is 9.67. The van der Waals surface area contributed by atoms with Crippen LogP contribution in [0.3, 0.4) is 0 Å². The summed E-state index contributed by atoms with van der Waals surface area (Å²) in [6, 6.07) is 6.65. The quantitative estimate of drug-likeness (QED) is 0.542. The number of likely N-dealkylation sites (N-methyl/N-ethyl adjacent to an activating group) is 1. The highest BCUT2D eigenvalue weighted by molar-refractivity contribution is 5.90. The summed E-state index contributed by atoms with van der Waals surface area (Å²) >= 11 is 0. The third kappa shape index (κ3) is 5.97. The Kier molecular flexibility index (Phi) is 8.69. The van der Waals surface area contributed by atoms with Gasteiger partial charge in [0.25, 0.3) is 0 Å². The first-order valence-corrected chi connectivity index (χ1v) is 10.7. The summed E-state index contributed by atoms with van der Waals surface area (Å²) in [5, 5.41) is 15.1. The molecule has 1 aliphatic carbocycles. The average Bonchev–Trinajstić information content (AvgIpc) is 2.77. The molecule has 1 aromatic carbocycles.